The Morgan fingerprint density at radius 2 is 1.42 bits per heavy atom. The normalized spacial score (nSPS) is 14.0. The first-order chi connectivity index (χ1) is 16.1. The molecule has 1 unspecified atom stereocenters. The third-order valence-electron chi connectivity index (χ3n) is 5.87. The fourth-order valence-corrected chi connectivity index (χ4v) is 5.12. The quantitative estimate of drug-likeness (QED) is 0.245. The van der Waals surface area contributed by atoms with Gasteiger partial charge in [0.05, 0.1) is 28.1 Å². The first kappa shape index (κ1) is 21.2. The number of benzene rings is 3. The van der Waals surface area contributed by atoms with Crippen LogP contribution in [0.3, 0.4) is 0 Å². The Kier molecular flexibility index (Phi) is 5.56. The van der Waals surface area contributed by atoms with Gasteiger partial charge in [-0.15, -0.1) is 0 Å². The molecule has 0 spiro atoms. The van der Waals surface area contributed by atoms with E-state index in [9.17, 15) is 14.4 Å². The number of thioether (sulfide) groups is 1. The number of rotatable bonds is 6. The minimum atomic E-state index is -0.280. The fourth-order valence-electron chi connectivity index (χ4n) is 4.12. The smallest absolute Gasteiger partial charge is 0.262 e. The molecule has 1 aliphatic rings. The molecule has 1 aromatic heterocycles. The molecule has 1 atom stereocenters. The highest BCUT2D eigenvalue weighted by molar-refractivity contribution is 7.99. The Bertz CT molecular complexity index is 1400. The van der Waals surface area contributed by atoms with E-state index in [0.717, 1.165) is 5.56 Å². The maximum absolute atomic E-state index is 13.4. The lowest BCUT2D eigenvalue weighted by Crippen LogP contribution is -2.32. The number of hydrogen-bond acceptors (Lipinski definition) is 5. The summed E-state index contributed by atoms with van der Waals surface area (Å²) in [6.45, 7) is 2.21. The maximum atomic E-state index is 13.4. The number of carbonyl (C=O) groups is 2. The van der Waals surface area contributed by atoms with Crippen LogP contribution in [0.15, 0.2) is 88.8 Å². The molecule has 2 amide bonds. The van der Waals surface area contributed by atoms with Gasteiger partial charge in [0.2, 0.25) is 0 Å². The van der Waals surface area contributed by atoms with E-state index in [1.54, 1.807) is 34.9 Å². The molecule has 0 fully saturated rings. The van der Waals surface area contributed by atoms with Crippen LogP contribution in [0.5, 0.6) is 0 Å². The van der Waals surface area contributed by atoms with E-state index < -0.39 is 0 Å². The molecule has 4 aromatic rings. The van der Waals surface area contributed by atoms with Gasteiger partial charge < -0.3 is 0 Å². The summed E-state index contributed by atoms with van der Waals surface area (Å²) in [6.07, 6.45) is 0. The van der Waals surface area contributed by atoms with Gasteiger partial charge in [0.25, 0.3) is 17.4 Å². The average molecular weight is 456 g/mol. The molecule has 0 radical (unpaired) electrons. The number of imide groups is 1. The van der Waals surface area contributed by atoms with Crippen molar-refractivity contribution in [3.05, 3.63) is 106 Å². The third kappa shape index (κ3) is 3.74. The van der Waals surface area contributed by atoms with E-state index in [0.29, 0.717) is 32.9 Å². The molecule has 0 bridgehead atoms. The Hall–Kier alpha value is -3.71. The summed E-state index contributed by atoms with van der Waals surface area (Å²) in [6, 6.07) is 23.7. The largest absolute Gasteiger partial charge is 0.280 e. The second-order valence-corrected chi connectivity index (χ2v) is 8.89. The molecule has 0 aliphatic carbocycles. The summed E-state index contributed by atoms with van der Waals surface area (Å²) in [5.74, 6) is -0.131. The van der Waals surface area contributed by atoms with Gasteiger partial charge >= 0.3 is 0 Å². The topological polar surface area (TPSA) is 72.3 Å². The van der Waals surface area contributed by atoms with Crippen molar-refractivity contribution in [2.75, 3.05) is 12.3 Å². The minimum absolute atomic E-state index is 0.111. The van der Waals surface area contributed by atoms with Crippen LogP contribution in [0.4, 0.5) is 0 Å². The van der Waals surface area contributed by atoms with Gasteiger partial charge in [0.15, 0.2) is 5.16 Å². The lowest BCUT2D eigenvalue weighted by Gasteiger charge is -2.20. The van der Waals surface area contributed by atoms with E-state index in [1.807, 2.05) is 55.5 Å². The first-order valence-electron chi connectivity index (χ1n) is 10.7. The van der Waals surface area contributed by atoms with Crippen LogP contribution < -0.4 is 5.56 Å². The van der Waals surface area contributed by atoms with Crippen molar-refractivity contribution >= 4 is 34.5 Å². The highest BCUT2D eigenvalue weighted by atomic mass is 32.2. The van der Waals surface area contributed by atoms with Crippen LogP contribution in [0.2, 0.25) is 0 Å². The standard InChI is InChI=1S/C26H21N3O3S/c1-17(18-9-3-2-4-10-18)29-25(32)21-13-7-8-14-22(21)27-26(29)33-16-15-28-23(30)19-11-5-6-12-20(19)24(28)31/h2-14,17H,15-16H2,1H3. The van der Waals surface area contributed by atoms with Crippen LogP contribution in [0, 0.1) is 0 Å². The van der Waals surface area contributed by atoms with Gasteiger partial charge in [-0.05, 0) is 36.8 Å². The molecule has 0 N–H and O–H groups in total. The second kappa shape index (κ2) is 8.67. The van der Waals surface area contributed by atoms with Crippen LogP contribution in [0.1, 0.15) is 39.2 Å². The number of para-hydroxylation sites is 1. The lowest BCUT2D eigenvalue weighted by molar-refractivity contribution is 0.0664. The van der Waals surface area contributed by atoms with E-state index in [1.165, 1.54) is 16.7 Å². The molecular formula is C26H21N3O3S. The lowest BCUT2D eigenvalue weighted by atomic mass is 10.1. The number of hydrogen-bond donors (Lipinski definition) is 0. The number of nitrogens with zero attached hydrogens (tertiary/aromatic N) is 3. The number of amides is 2. The van der Waals surface area contributed by atoms with Crippen molar-refractivity contribution in [3.8, 4) is 0 Å². The number of aromatic nitrogens is 2. The zero-order valence-corrected chi connectivity index (χ0v) is 18.8. The van der Waals surface area contributed by atoms with E-state index in [4.69, 9.17) is 4.98 Å². The maximum Gasteiger partial charge on any atom is 0.262 e. The van der Waals surface area contributed by atoms with Crippen molar-refractivity contribution < 1.29 is 9.59 Å². The fraction of sp³-hybridized carbons (Fsp3) is 0.154. The molecule has 33 heavy (non-hydrogen) atoms. The van der Waals surface area contributed by atoms with Crippen molar-refractivity contribution in [2.24, 2.45) is 0 Å². The molecule has 7 heteroatoms. The van der Waals surface area contributed by atoms with E-state index >= 15 is 0 Å². The Labute approximate surface area is 194 Å². The number of fused-ring (bicyclic) bond motifs is 2. The summed E-state index contributed by atoms with van der Waals surface area (Å²) in [5, 5.41) is 1.12. The molecule has 5 rings (SSSR count). The Balaban J connectivity index is 1.45. The van der Waals surface area contributed by atoms with Gasteiger partial charge in [-0.25, -0.2) is 4.98 Å². The molecule has 6 nitrogen and oxygen atoms in total. The van der Waals surface area contributed by atoms with E-state index in [2.05, 4.69) is 0 Å². The Morgan fingerprint density at radius 1 is 0.818 bits per heavy atom. The highest BCUT2D eigenvalue weighted by Crippen LogP contribution is 2.27. The molecule has 0 saturated carbocycles. The molecule has 0 saturated heterocycles. The van der Waals surface area contributed by atoms with Gasteiger partial charge in [-0.1, -0.05) is 66.4 Å². The van der Waals surface area contributed by atoms with Crippen LogP contribution in [-0.2, 0) is 0 Å². The van der Waals surface area contributed by atoms with Gasteiger partial charge in [-0.3, -0.25) is 23.9 Å². The molecule has 2 heterocycles. The van der Waals surface area contributed by atoms with Gasteiger partial charge in [-0.2, -0.15) is 0 Å². The highest BCUT2D eigenvalue weighted by Gasteiger charge is 2.34. The predicted octanol–water partition coefficient (Wildman–Crippen LogP) is 4.39. The van der Waals surface area contributed by atoms with E-state index in [-0.39, 0.29) is 30.0 Å². The summed E-state index contributed by atoms with van der Waals surface area (Å²) in [4.78, 5) is 44.8. The van der Waals surface area contributed by atoms with Crippen molar-refractivity contribution in [3.63, 3.8) is 0 Å². The zero-order chi connectivity index (χ0) is 22.9. The first-order valence-corrected chi connectivity index (χ1v) is 11.7. The summed E-state index contributed by atoms with van der Waals surface area (Å²) >= 11 is 1.37. The predicted molar refractivity (Wildman–Crippen MR) is 129 cm³/mol. The third-order valence-corrected chi connectivity index (χ3v) is 6.80. The Morgan fingerprint density at radius 3 is 2.12 bits per heavy atom. The van der Waals surface area contributed by atoms with Crippen LogP contribution >= 0.6 is 11.8 Å². The summed E-state index contributed by atoms with van der Waals surface area (Å²) in [7, 11) is 0. The van der Waals surface area contributed by atoms with Crippen molar-refractivity contribution in [1.29, 1.82) is 0 Å². The van der Waals surface area contributed by atoms with Crippen molar-refractivity contribution in [2.45, 2.75) is 18.1 Å². The molecule has 3 aromatic carbocycles. The molecule has 164 valence electrons. The van der Waals surface area contributed by atoms with Crippen LogP contribution in [-0.4, -0.2) is 38.6 Å². The second-order valence-electron chi connectivity index (χ2n) is 7.83. The van der Waals surface area contributed by atoms with Gasteiger partial charge in [0.1, 0.15) is 0 Å². The summed E-state index contributed by atoms with van der Waals surface area (Å²) < 4.78 is 1.70. The summed E-state index contributed by atoms with van der Waals surface area (Å²) in [5.41, 5.74) is 2.39. The SMILES string of the molecule is CC(c1ccccc1)n1c(SCCN2C(=O)c3ccccc3C2=O)nc2ccccc2c1=O. The monoisotopic (exact) mass is 455 g/mol. The van der Waals surface area contributed by atoms with Crippen molar-refractivity contribution in [1.82, 2.24) is 14.5 Å². The van der Waals surface area contributed by atoms with Gasteiger partial charge in [0, 0.05) is 12.3 Å². The number of carbonyl (C=O) groups excluding carboxylic acids is 2. The zero-order valence-electron chi connectivity index (χ0n) is 18.0. The average Bonchev–Trinajstić information content (AvgIpc) is 3.09. The molecular weight excluding hydrogens is 434 g/mol. The minimum Gasteiger partial charge on any atom is -0.280 e. The molecule has 1 aliphatic heterocycles. The van der Waals surface area contributed by atoms with Crippen LogP contribution in [0.25, 0.3) is 10.9 Å².